The molecule has 1 N–H and O–H groups in total. The third kappa shape index (κ3) is 6.53. The number of hydrogen-bond donors (Lipinski definition) is 1. The molecule has 1 saturated heterocycles. The van der Waals surface area contributed by atoms with Gasteiger partial charge < -0.3 is 0 Å². The molecule has 2 aliphatic rings. The second kappa shape index (κ2) is 15.9. The van der Waals surface area contributed by atoms with Gasteiger partial charge >= 0.3 is 0 Å². The summed E-state index contributed by atoms with van der Waals surface area (Å²) in [5.41, 5.74) is 36.0. The van der Waals surface area contributed by atoms with Gasteiger partial charge in [0.2, 0.25) is 0 Å². The van der Waals surface area contributed by atoms with E-state index in [1.165, 1.54) is 111 Å². The Morgan fingerprint density at radius 3 is 0.614 bits per heavy atom. The maximum atomic E-state index is 3.96. The molecule has 0 amide bonds. The Bertz CT molecular complexity index is 1890. The van der Waals surface area contributed by atoms with Crippen molar-refractivity contribution < 1.29 is 0 Å². The molecule has 57 heavy (non-hydrogen) atoms. The molecule has 4 aromatic carbocycles. The van der Waals surface area contributed by atoms with Crippen molar-refractivity contribution in [1.29, 1.82) is 0 Å². The first-order chi connectivity index (χ1) is 26.5. The fourth-order valence-corrected chi connectivity index (χ4v) is 15.4. The van der Waals surface area contributed by atoms with Crippen molar-refractivity contribution in [3.63, 3.8) is 0 Å². The summed E-state index contributed by atoms with van der Waals surface area (Å²) in [6, 6.07) is 0. The number of hydrogen-bond acceptors (Lipinski definition) is 3. The lowest BCUT2D eigenvalue weighted by Gasteiger charge is -2.53. The minimum Gasteiger partial charge on any atom is -0.207 e. The summed E-state index contributed by atoms with van der Waals surface area (Å²) in [6.45, 7) is 53.3. The normalized spacial score (nSPS) is 22.3. The van der Waals surface area contributed by atoms with Gasteiger partial charge in [-0.2, -0.15) is 0 Å². The molecule has 3 heteroatoms. The standard InChI is InChI=1S/C54H75NS2/c1-23-27(5)35(13)45(36(14)28(23)6)51(46-37(15)29(7)24(2)30(8)38(46)16)49-43(21)44(22)50(54-53(49)56-55-57-54)52(47-39(17)31(9)25(3)32(10)40(47)18)48-41(19)33(11)26(4)34(12)42(48)20/h43-44,49-55H,1-22H3. The van der Waals surface area contributed by atoms with Gasteiger partial charge in [-0.15, -0.1) is 0 Å². The smallest absolute Gasteiger partial charge is 0.0375 e. The Kier molecular flexibility index (Phi) is 12.3. The molecule has 0 aromatic heterocycles. The highest BCUT2D eigenvalue weighted by Gasteiger charge is 2.57. The zero-order valence-corrected chi connectivity index (χ0v) is 41.6. The molecule has 4 aromatic rings. The molecule has 1 heterocycles. The highest BCUT2D eigenvalue weighted by molar-refractivity contribution is 8.16. The van der Waals surface area contributed by atoms with E-state index in [2.05, 4.69) is 180 Å². The number of benzene rings is 4. The van der Waals surface area contributed by atoms with Crippen LogP contribution in [0, 0.1) is 162 Å². The summed E-state index contributed by atoms with van der Waals surface area (Å²) in [7, 11) is 0. The molecule has 0 radical (unpaired) electrons. The molecule has 0 spiro atoms. The second-order valence-corrected chi connectivity index (χ2v) is 21.5. The molecule has 1 aliphatic heterocycles. The van der Waals surface area contributed by atoms with Crippen molar-refractivity contribution >= 4 is 23.9 Å². The van der Waals surface area contributed by atoms with E-state index in [-0.39, 0.29) is 0 Å². The largest absolute Gasteiger partial charge is 0.207 e. The molecule has 6 unspecified atom stereocenters. The Hall–Kier alpha value is -2.46. The van der Waals surface area contributed by atoms with Crippen LogP contribution in [0.3, 0.4) is 0 Å². The number of rotatable bonds is 6. The van der Waals surface area contributed by atoms with Crippen molar-refractivity contribution in [2.45, 2.75) is 175 Å². The summed E-state index contributed by atoms with van der Waals surface area (Å²) in [4.78, 5) is 0. The molecule has 0 bridgehead atoms. The van der Waals surface area contributed by atoms with E-state index in [1.54, 1.807) is 22.3 Å². The minimum atomic E-state index is 0.304. The van der Waals surface area contributed by atoms with E-state index in [0.717, 1.165) is 0 Å². The van der Waals surface area contributed by atoms with E-state index < -0.39 is 0 Å². The molecule has 1 aliphatic carbocycles. The van der Waals surface area contributed by atoms with Crippen LogP contribution in [0.15, 0.2) is 0 Å². The van der Waals surface area contributed by atoms with Gasteiger partial charge in [0.1, 0.15) is 0 Å². The highest BCUT2D eigenvalue weighted by atomic mass is 32.2. The predicted molar refractivity (Wildman–Crippen MR) is 255 cm³/mol. The molecule has 1 nitrogen and oxygen atoms in total. The highest BCUT2D eigenvalue weighted by Crippen LogP contribution is 2.62. The Balaban J connectivity index is 1.70. The van der Waals surface area contributed by atoms with Crippen LogP contribution in [0.5, 0.6) is 0 Å². The van der Waals surface area contributed by atoms with Crippen LogP contribution in [-0.2, 0) is 0 Å². The minimum absolute atomic E-state index is 0.304. The van der Waals surface area contributed by atoms with Gasteiger partial charge in [-0.1, -0.05) is 37.7 Å². The Morgan fingerprint density at radius 1 is 0.281 bits per heavy atom. The lowest BCUT2D eigenvalue weighted by molar-refractivity contribution is 0.107. The maximum Gasteiger partial charge on any atom is 0.0375 e. The van der Waals surface area contributed by atoms with Crippen LogP contribution in [0.2, 0.25) is 0 Å². The van der Waals surface area contributed by atoms with Crippen LogP contribution in [0.4, 0.5) is 0 Å². The summed E-state index contributed by atoms with van der Waals surface area (Å²) < 4.78 is 3.96. The molecule has 308 valence electrons. The van der Waals surface area contributed by atoms with Gasteiger partial charge in [-0.3, -0.25) is 0 Å². The monoisotopic (exact) mass is 802 g/mol. The number of nitrogens with one attached hydrogen (secondary N) is 1. The van der Waals surface area contributed by atoms with Gasteiger partial charge in [0, 0.05) is 22.3 Å². The fraction of sp³-hybridized carbons (Fsp3) is 0.556. The summed E-state index contributed by atoms with van der Waals surface area (Å²) in [5, 5.41) is 0.892. The molecular formula is C54H75NS2. The Labute approximate surface area is 358 Å². The second-order valence-electron chi connectivity index (χ2n) is 19.2. The van der Waals surface area contributed by atoms with E-state index >= 15 is 0 Å². The topological polar surface area (TPSA) is 12.0 Å². The van der Waals surface area contributed by atoms with Gasteiger partial charge in [-0.05, 0) is 296 Å². The first-order valence-electron chi connectivity index (χ1n) is 21.9. The average Bonchev–Trinajstić information content (AvgIpc) is 3.66. The lowest BCUT2D eigenvalue weighted by Crippen LogP contribution is -2.51. The third-order valence-electron chi connectivity index (χ3n) is 17.7. The van der Waals surface area contributed by atoms with E-state index in [9.17, 15) is 0 Å². The van der Waals surface area contributed by atoms with E-state index in [0.29, 0.717) is 46.0 Å². The van der Waals surface area contributed by atoms with Crippen molar-refractivity contribution in [3.8, 4) is 0 Å². The van der Waals surface area contributed by atoms with E-state index in [1.807, 2.05) is 0 Å². The van der Waals surface area contributed by atoms with Crippen LogP contribution in [0.1, 0.15) is 159 Å². The molecule has 6 atom stereocenters. The van der Waals surface area contributed by atoms with Crippen molar-refractivity contribution in [2.24, 2.45) is 23.7 Å². The summed E-state index contributed by atoms with van der Waals surface area (Å²) in [6.07, 6.45) is 0. The van der Waals surface area contributed by atoms with Crippen molar-refractivity contribution in [2.75, 3.05) is 0 Å². The van der Waals surface area contributed by atoms with Crippen molar-refractivity contribution in [3.05, 3.63) is 134 Å². The summed E-state index contributed by atoms with van der Waals surface area (Å²) >= 11 is 4.13. The first-order valence-corrected chi connectivity index (χ1v) is 23.6. The van der Waals surface area contributed by atoms with E-state index in [4.69, 9.17) is 0 Å². The zero-order valence-electron chi connectivity index (χ0n) is 39.9. The SMILES string of the molecule is Cc1c(C)c(C)c(C(c2c(C)c(C)c(C)c(C)c2C)C2C(C)C(C)C(C(c3c(C)c(C)c(C)c(C)c3C)c3c(C)c(C)c(C)c(C)c3C)C3SNSC32)c(C)c1C. The average molecular weight is 802 g/mol. The molecule has 2 fully saturated rings. The van der Waals surface area contributed by atoms with Gasteiger partial charge in [0.05, 0.1) is 0 Å². The molecule has 1 saturated carbocycles. The lowest BCUT2D eigenvalue weighted by atomic mass is 9.55. The van der Waals surface area contributed by atoms with Gasteiger partial charge in [0.15, 0.2) is 0 Å². The van der Waals surface area contributed by atoms with Crippen LogP contribution in [0.25, 0.3) is 0 Å². The van der Waals surface area contributed by atoms with Crippen LogP contribution >= 0.6 is 23.9 Å². The quantitative estimate of drug-likeness (QED) is 0.195. The number of fused-ring (bicyclic) bond motifs is 1. The first kappa shape index (κ1) is 44.1. The van der Waals surface area contributed by atoms with Crippen LogP contribution in [-0.4, -0.2) is 10.5 Å². The van der Waals surface area contributed by atoms with Crippen molar-refractivity contribution in [1.82, 2.24) is 4.13 Å². The Morgan fingerprint density at radius 2 is 0.439 bits per heavy atom. The maximum absolute atomic E-state index is 3.96. The van der Waals surface area contributed by atoms with Gasteiger partial charge in [0.25, 0.3) is 0 Å². The van der Waals surface area contributed by atoms with Crippen LogP contribution < -0.4 is 4.13 Å². The third-order valence-corrected chi connectivity index (χ3v) is 20.4. The predicted octanol–water partition coefficient (Wildman–Crippen LogP) is 15.0. The fourth-order valence-electron chi connectivity index (χ4n) is 12.2. The van der Waals surface area contributed by atoms with Gasteiger partial charge in [-0.25, -0.2) is 4.13 Å². The summed E-state index contributed by atoms with van der Waals surface area (Å²) in [5.74, 6) is 2.49. The molecule has 6 rings (SSSR count). The molecular weight excluding hydrogens is 727 g/mol. The zero-order chi connectivity index (χ0) is 42.6.